The summed E-state index contributed by atoms with van der Waals surface area (Å²) in [6.45, 7) is 7.90. The Labute approximate surface area is 138 Å². The number of hydrogen-bond donors (Lipinski definition) is 0. The van der Waals surface area contributed by atoms with Crippen LogP contribution in [0.2, 0.25) is 0 Å². The molecule has 124 valence electrons. The zero-order valence-corrected chi connectivity index (χ0v) is 14.3. The topological polar surface area (TPSA) is 40.6 Å². The van der Waals surface area contributed by atoms with Crippen LogP contribution in [-0.4, -0.2) is 47.3 Å². The molecule has 1 aromatic rings. The number of fused-ring (bicyclic) bond motifs is 4. The zero-order valence-electron chi connectivity index (χ0n) is 14.3. The van der Waals surface area contributed by atoms with Crippen LogP contribution in [0.4, 0.5) is 0 Å². The van der Waals surface area contributed by atoms with Gasteiger partial charge in [-0.25, -0.2) is 0 Å². The summed E-state index contributed by atoms with van der Waals surface area (Å²) in [5, 5.41) is 0. The highest BCUT2D eigenvalue weighted by atomic mass is 16.2. The van der Waals surface area contributed by atoms with E-state index in [4.69, 9.17) is 0 Å². The summed E-state index contributed by atoms with van der Waals surface area (Å²) < 4.78 is 0. The normalized spacial score (nSPS) is 24.5. The minimum Gasteiger partial charge on any atom is -0.341 e. The Morgan fingerprint density at radius 2 is 1.74 bits per heavy atom. The minimum atomic E-state index is -0.535. The van der Waals surface area contributed by atoms with Crippen molar-refractivity contribution in [2.24, 2.45) is 5.92 Å². The Morgan fingerprint density at radius 1 is 1.04 bits per heavy atom. The van der Waals surface area contributed by atoms with Crippen molar-refractivity contribution in [2.75, 3.05) is 19.6 Å². The number of amides is 2. The van der Waals surface area contributed by atoms with Crippen LogP contribution >= 0.6 is 0 Å². The lowest BCUT2D eigenvalue weighted by Gasteiger charge is -2.40. The molecule has 2 bridgehead atoms. The second kappa shape index (κ2) is 5.99. The summed E-state index contributed by atoms with van der Waals surface area (Å²) in [5.41, 5.74) is 0.515. The van der Waals surface area contributed by atoms with Gasteiger partial charge >= 0.3 is 0 Å². The first-order chi connectivity index (χ1) is 10.9. The van der Waals surface area contributed by atoms with Gasteiger partial charge in [-0.2, -0.15) is 0 Å². The highest BCUT2D eigenvalue weighted by Gasteiger charge is 2.42. The third-order valence-electron chi connectivity index (χ3n) is 5.45. The van der Waals surface area contributed by atoms with Crippen LogP contribution in [0.3, 0.4) is 0 Å². The Morgan fingerprint density at radius 3 is 2.39 bits per heavy atom. The molecular weight excluding hydrogens is 288 g/mol. The van der Waals surface area contributed by atoms with Crippen LogP contribution in [0, 0.1) is 5.92 Å². The van der Waals surface area contributed by atoms with Crippen LogP contribution in [0.15, 0.2) is 30.3 Å². The highest BCUT2D eigenvalue weighted by Crippen LogP contribution is 2.33. The van der Waals surface area contributed by atoms with E-state index in [9.17, 15) is 9.59 Å². The van der Waals surface area contributed by atoms with E-state index in [-0.39, 0.29) is 17.9 Å². The number of benzene rings is 1. The molecule has 0 radical (unpaired) electrons. The maximum atomic E-state index is 13.3. The van der Waals surface area contributed by atoms with Gasteiger partial charge in [0.05, 0.1) is 5.41 Å². The fourth-order valence-corrected chi connectivity index (χ4v) is 3.93. The molecule has 0 aromatic heterocycles. The quantitative estimate of drug-likeness (QED) is 0.841. The molecule has 0 aliphatic carbocycles. The molecule has 3 fully saturated rings. The molecule has 4 heteroatoms. The lowest BCUT2D eigenvalue weighted by Crippen LogP contribution is -2.53. The molecule has 0 N–H and O–H groups in total. The van der Waals surface area contributed by atoms with Gasteiger partial charge in [0, 0.05) is 32.6 Å². The van der Waals surface area contributed by atoms with E-state index in [1.165, 1.54) is 0 Å². The molecule has 2 atom stereocenters. The number of nitrogens with zero attached hydrogens (tertiary/aromatic N) is 2. The van der Waals surface area contributed by atoms with Crippen molar-refractivity contribution in [3.63, 3.8) is 0 Å². The molecule has 4 nitrogen and oxygen atoms in total. The van der Waals surface area contributed by atoms with Crippen LogP contribution in [-0.2, 0) is 15.0 Å². The first-order valence-electron chi connectivity index (χ1n) is 8.51. The molecule has 0 unspecified atom stereocenters. The summed E-state index contributed by atoms with van der Waals surface area (Å²) in [4.78, 5) is 29.0. The number of carbonyl (C=O) groups is 2. The molecule has 2 amide bonds. The average molecular weight is 314 g/mol. The monoisotopic (exact) mass is 314 g/mol. The maximum absolute atomic E-state index is 13.3. The summed E-state index contributed by atoms with van der Waals surface area (Å²) in [7, 11) is 0. The molecule has 3 aliphatic heterocycles. The summed E-state index contributed by atoms with van der Waals surface area (Å²) >= 11 is 0. The Kier molecular flexibility index (Phi) is 4.17. The van der Waals surface area contributed by atoms with E-state index in [1.54, 1.807) is 6.92 Å². The van der Waals surface area contributed by atoms with Crippen molar-refractivity contribution in [3.05, 3.63) is 35.9 Å². The third kappa shape index (κ3) is 2.99. The number of piperidine rings is 1. The van der Waals surface area contributed by atoms with Crippen molar-refractivity contribution in [2.45, 2.75) is 45.1 Å². The molecule has 3 heterocycles. The highest BCUT2D eigenvalue weighted by molar-refractivity contribution is 5.88. The maximum Gasteiger partial charge on any atom is 0.232 e. The van der Waals surface area contributed by atoms with Gasteiger partial charge in [0.15, 0.2) is 0 Å². The van der Waals surface area contributed by atoms with Crippen molar-refractivity contribution in [1.82, 2.24) is 9.80 Å². The van der Waals surface area contributed by atoms with Gasteiger partial charge in [-0.1, -0.05) is 30.3 Å². The SMILES string of the molecule is CC(=O)N1C[C@H]2CC[C@@H](C1)N(C(=O)C(C)(C)c1ccccc1)C2. The van der Waals surface area contributed by atoms with Crippen molar-refractivity contribution in [3.8, 4) is 0 Å². The van der Waals surface area contributed by atoms with E-state index in [0.29, 0.717) is 12.5 Å². The van der Waals surface area contributed by atoms with Crippen molar-refractivity contribution < 1.29 is 9.59 Å². The summed E-state index contributed by atoms with van der Waals surface area (Å²) in [6, 6.07) is 10.1. The summed E-state index contributed by atoms with van der Waals surface area (Å²) in [5.74, 6) is 0.718. The summed E-state index contributed by atoms with van der Waals surface area (Å²) in [6.07, 6.45) is 2.12. The standard InChI is InChI=1S/C19H26N2O2/c1-14(22)20-11-15-9-10-17(13-20)21(12-15)18(23)19(2,3)16-7-5-4-6-8-16/h4-8,15,17H,9-13H2,1-3H3/t15-,17+/m1/s1. The molecule has 1 aromatic carbocycles. The molecule has 4 rings (SSSR count). The van der Waals surface area contributed by atoms with Crippen molar-refractivity contribution >= 4 is 11.8 Å². The minimum absolute atomic E-state index is 0.124. The Hall–Kier alpha value is -1.84. The van der Waals surface area contributed by atoms with E-state index >= 15 is 0 Å². The molecule has 0 saturated carbocycles. The molecule has 3 saturated heterocycles. The average Bonchev–Trinajstić information content (AvgIpc) is 2.87. The van der Waals surface area contributed by atoms with Gasteiger partial charge in [0.2, 0.25) is 11.8 Å². The van der Waals surface area contributed by atoms with E-state index < -0.39 is 5.41 Å². The predicted molar refractivity (Wildman–Crippen MR) is 89.9 cm³/mol. The van der Waals surface area contributed by atoms with Gasteiger partial charge in [-0.05, 0) is 38.2 Å². The van der Waals surface area contributed by atoms with Crippen LogP contribution in [0.1, 0.15) is 39.2 Å². The first-order valence-corrected chi connectivity index (χ1v) is 8.51. The smallest absolute Gasteiger partial charge is 0.232 e. The van der Waals surface area contributed by atoms with E-state index in [0.717, 1.165) is 31.5 Å². The van der Waals surface area contributed by atoms with E-state index in [1.807, 2.05) is 54.0 Å². The first kappa shape index (κ1) is 16.0. The number of carbonyl (C=O) groups excluding carboxylic acids is 2. The number of hydrogen-bond acceptors (Lipinski definition) is 2. The molecule has 3 aliphatic rings. The van der Waals surface area contributed by atoms with Crippen LogP contribution < -0.4 is 0 Å². The molecular formula is C19H26N2O2. The van der Waals surface area contributed by atoms with Crippen molar-refractivity contribution in [1.29, 1.82) is 0 Å². The second-order valence-corrected chi connectivity index (χ2v) is 7.47. The Balaban J connectivity index is 1.84. The second-order valence-electron chi connectivity index (χ2n) is 7.47. The number of rotatable bonds is 2. The fraction of sp³-hybridized carbons (Fsp3) is 0.579. The van der Waals surface area contributed by atoms with Gasteiger partial charge in [0.25, 0.3) is 0 Å². The van der Waals surface area contributed by atoms with Gasteiger partial charge in [-0.15, -0.1) is 0 Å². The zero-order chi connectivity index (χ0) is 16.6. The van der Waals surface area contributed by atoms with Gasteiger partial charge < -0.3 is 9.80 Å². The Bertz CT molecular complexity index is 597. The van der Waals surface area contributed by atoms with Crippen LogP contribution in [0.5, 0.6) is 0 Å². The predicted octanol–water partition coefficient (Wildman–Crippen LogP) is 2.43. The van der Waals surface area contributed by atoms with E-state index in [2.05, 4.69) is 0 Å². The third-order valence-corrected chi connectivity index (χ3v) is 5.45. The lowest BCUT2D eigenvalue weighted by molar-refractivity contribution is -0.141. The van der Waals surface area contributed by atoms with Crippen LogP contribution in [0.25, 0.3) is 0 Å². The fourth-order valence-electron chi connectivity index (χ4n) is 3.93. The van der Waals surface area contributed by atoms with Gasteiger partial charge in [-0.3, -0.25) is 9.59 Å². The molecule has 0 spiro atoms. The lowest BCUT2D eigenvalue weighted by atomic mass is 9.81. The molecule has 23 heavy (non-hydrogen) atoms. The largest absolute Gasteiger partial charge is 0.341 e. The van der Waals surface area contributed by atoms with Gasteiger partial charge in [0.1, 0.15) is 0 Å².